The van der Waals surface area contributed by atoms with Gasteiger partial charge < -0.3 is 14.4 Å². The summed E-state index contributed by atoms with van der Waals surface area (Å²) < 4.78 is 40.3. The van der Waals surface area contributed by atoms with Gasteiger partial charge in [0.1, 0.15) is 12.4 Å². The van der Waals surface area contributed by atoms with E-state index in [2.05, 4.69) is 26.6 Å². The third-order valence-corrected chi connectivity index (χ3v) is 8.29. The number of aromatic nitrogens is 2. The lowest BCUT2D eigenvalue weighted by Crippen LogP contribution is -2.32. The number of hydrogen-bond acceptors (Lipinski definition) is 7. The van der Waals surface area contributed by atoms with Gasteiger partial charge in [0.15, 0.2) is 0 Å². The molecule has 0 atom stereocenters. The molecular formula is C25H28Cl2N4O4S. The van der Waals surface area contributed by atoms with E-state index < -0.39 is 10.0 Å². The number of hydrogen-bond donors (Lipinski definition) is 1. The van der Waals surface area contributed by atoms with Crippen LogP contribution in [-0.2, 0) is 16.6 Å². The second-order valence-electron chi connectivity index (χ2n) is 8.79. The highest BCUT2D eigenvalue weighted by Crippen LogP contribution is 2.30. The third kappa shape index (κ3) is 6.59. The molecule has 0 spiro atoms. The van der Waals surface area contributed by atoms with Crippen molar-refractivity contribution in [3.63, 3.8) is 0 Å². The van der Waals surface area contributed by atoms with Crippen molar-refractivity contribution in [2.24, 2.45) is 5.92 Å². The van der Waals surface area contributed by atoms with E-state index in [1.807, 2.05) is 12.1 Å². The number of nitrogens with zero attached hydrogens (tertiary/aromatic N) is 3. The molecule has 2 heterocycles. The molecule has 0 unspecified atom stereocenters. The highest BCUT2D eigenvalue weighted by Gasteiger charge is 2.22. The summed E-state index contributed by atoms with van der Waals surface area (Å²) in [5, 5.41) is 0.876. The zero-order valence-electron chi connectivity index (χ0n) is 20.1. The Morgan fingerprint density at radius 2 is 1.81 bits per heavy atom. The lowest BCUT2D eigenvalue weighted by Gasteiger charge is -2.28. The SMILES string of the molecule is Cc1c(Cl)cccc1S(=O)(=O)Nc1nccnc1OCc1ccc(Cl)c(OCC2CCN(C)CC2)c1. The van der Waals surface area contributed by atoms with Crippen molar-refractivity contribution in [3.05, 3.63) is 70.0 Å². The monoisotopic (exact) mass is 550 g/mol. The van der Waals surface area contributed by atoms with Crippen LogP contribution in [0.4, 0.5) is 5.82 Å². The van der Waals surface area contributed by atoms with Gasteiger partial charge in [0.25, 0.3) is 15.9 Å². The number of ether oxygens (including phenoxy) is 2. The van der Waals surface area contributed by atoms with E-state index in [-0.39, 0.29) is 23.2 Å². The summed E-state index contributed by atoms with van der Waals surface area (Å²) in [7, 11) is -1.84. The molecule has 1 aliphatic heterocycles. The second-order valence-corrected chi connectivity index (χ2v) is 11.3. The van der Waals surface area contributed by atoms with E-state index >= 15 is 0 Å². The predicted octanol–water partition coefficient (Wildman–Crippen LogP) is 5.19. The molecule has 1 fully saturated rings. The molecule has 1 saturated heterocycles. The maximum absolute atomic E-state index is 13.0. The second kappa shape index (κ2) is 11.6. The molecule has 192 valence electrons. The molecule has 1 N–H and O–H groups in total. The first-order valence-corrected chi connectivity index (χ1v) is 13.8. The van der Waals surface area contributed by atoms with Crippen molar-refractivity contribution in [1.29, 1.82) is 0 Å². The van der Waals surface area contributed by atoms with Gasteiger partial charge in [0.2, 0.25) is 5.82 Å². The molecule has 0 aliphatic carbocycles. The molecule has 8 nitrogen and oxygen atoms in total. The van der Waals surface area contributed by atoms with Crippen LogP contribution in [0.1, 0.15) is 24.0 Å². The standard InChI is InChI=1S/C25H28Cl2N4O4S/c1-17-20(26)4-3-5-23(17)36(32,33)30-24-25(29-11-10-28-24)35-16-19-6-7-21(27)22(14-19)34-15-18-8-12-31(2)13-9-18/h3-7,10-11,14,18H,8-9,12-13,15-16H2,1-2H3,(H,28,30). The van der Waals surface area contributed by atoms with Crippen LogP contribution in [0.5, 0.6) is 11.6 Å². The maximum atomic E-state index is 13.0. The number of halogens is 2. The van der Waals surface area contributed by atoms with Crippen LogP contribution < -0.4 is 14.2 Å². The maximum Gasteiger partial charge on any atom is 0.263 e. The molecule has 0 amide bonds. The van der Waals surface area contributed by atoms with Gasteiger partial charge in [-0.1, -0.05) is 35.3 Å². The Morgan fingerprint density at radius 3 is 2.58 bits per heavy atom. The van der Waals surface area contributed by atoms with E-state index in [0.29, 0.717) is 33.9 Å². The van der Waals surface area contributed by atoms with Crippen molar-refractivity contribution in [2.45, 2.75) is 31.3 Å². The largest absolute Gasteiger partial charge is 0.492 e. The van der Waals surface area contributed by atoms with Crippen molar-refractivity contribution in [1.82, 2.24) is 14.9 Å². The Balaban J connectivity index is 1.43. The lowest BCUT2D eigenvalue weighted by atomic mass is 9.98. The summed E-state index contributed by atoms with van der Waals surface area (Å²) in [5.74, 6) is 1.11. The molecule has 0 bridgehead atoms. The molecule has 36 heavy (non-hydrogen) atoms. The molecule has 0 radical (unpaired) electrons. The Morgan fingerprint density at radius 1 is 1.06 bits per heavy atom. The Labute approximate surface area is 221 Å². The Hall–Kier alpha value is -2.59. The van der Waals surface area contributed by atoms with Crippen molar-refractivity contribution in [2.75, 3.05) is 31.5 Å². The van der Waals surface area contributed by atoms with Crippen molar-refractivity contribution < 1.29 is 17.9 Å². The van der Waals surface area contributed by atoms with Gasteiger partial charge in [0.05, 0.1) is 16.5 Å². The van der Waals surface area contributed by atoms with Crippen LogP contribution in [-0.4, -0.2) is 50.0 Å². The summed E-state index contributed by atoms with van der Waals surface area (Å²) in [5.41, 5.74) is 1.23. The average Bonchev–Trinajstić information content (AvgIpc) is 2.86. The number of anilines is 1. The first-order chi connectivity index (χ1) is 17.2. The van der Waals surface area contributed by atoms with Gasteiger partial charge in [0, 0.05) is 17.4 Å². The summed E-state index contributed by atoms with van der Waals surface area (Å²) in [6.45, 7) is 4.49. The highest BCUT2D eigenvalue weighted by atomic mass is 35.5. The van der Waals surface area contributed by atoms with Crippen LogP contribution in [0.15, 0.2) is 53.7 Å². The summed E-state index contributed by atoms with van der Waals surface area (Å²) >= 11 is 12.5. The fourth-order valence-electron chi connectivity index (χ4n) is 3.90. The molecule has 1 aromatic heterocycles. The normalized spacial score (nSPS) is 15.0. The molecule has 11 heteroatoms. The molecule has 3 aromatic rings. The van der Waals surface area contributed by atoms with Crippen LogP contribution in [0, 0.1) is 12.8 Å². The number of nitrogens with one attached hydrogen (secondary N) is 1. The van der Waals surface area contributed by atoms with Crippen LogP contribution in [0.2, 0.25) is 10.0 Å². The molecular weight excluding hydrogens is 523 g/mol. The number of sulfonamides is 1. The van der Waals surface area contributed by atoms with Crippen LogP contribution in [0.25, 0.3) is 0 Å². The Bertz CT molecular complexity index is 1320. The van der Waals surface area contributed by atoms with Gasteiger partial charge in [-0.05, 0) is 81.2 Å². The summed E-state index contributed by atoms with van der Waals surface area (Å²) in [6.07, 6.45) is 5.00. The van der Waals surface area contributed by atoms with E-state index in [1.54, 1.807) is 25.1 Å². The summed E-state index contributed by atoms with van der Waals surface area (Å²) in [6, 6.07) is 10.1. The topological polar surface area (TPSA) is 93.7 Å². The van der Waals surface area contributed by atoms with Crippen LogP contribution in [0.3, 0.4) is 0 Å². The smallest absolute Gasteiger partial charge is 0.263 e. The van der Waals surface area contributed by atoms with Gasteiger partial charge in [-0.3, -0.25) is 4.72 Å². The summed E-state index contributed by atoms with van der Waals surface area (Å²) in [4.78, 5) is 10.6. The first kappa shape index (κ1) is 26.5. The average molecular weight is 551 g/mol. The fourth-order valence-corrected chi connectivity index (χ4v) is 5.58. The minimum Gasteiger partial charge on any atom is -0.492 e. The molecule has 4 rings (SSSR count). The molecule has 2 aromatic carbocycles. The number of benzene rings is 2. The number of rotatable bonds is 9. The zero-order valence-corrected chi connectivity index (χ0v) is 22.4. The highest BCUT2D eigenvalue weighted by molar-refractivity contribution is 7.92. The molecule has 0 saturated carbocycles. The minimum atomic E-state index is -3.96. The van der Waals surface area contributed by atoms with Gasteiger partial charge >= 0.3 is 0 Å². The van der Waals surface area contributed by atoms with Crippen LogP contribution >= 0.6 is 23.2 Å². The number of piperidine rings is 1. The quantitative estimate of drug-likeness (QED) is 0.391. The van der Waals surface area contributed by atoms with Gasteiger partial charge in [-0.15, -0.1) is 0 Å². The van der Waals surface area contributed by atoms with E-state index in [4.69, 9.17) is 32.7 Å². The van der Waals surface area contributed by atoms with E-state index in [9.17, 15) is 8.42 Å². The Kier molecular flexibility index (Phi) is 8.56. The number of likely N-dealkylation sites (tertiary alicyclic amines) is 1. The lowest BCUT2D eigenvalue weighted by molar-refractivity contribution is 0.160. The predicted molar refractivity (Wildman–Crippen MR) is 141 cm³/mol. The first-order valence-electron chi connectivity index (χ1n) is 11.5. The molecule has 1 aliphatic rings. The van der Waals surface area contributed by atoms with Crippen molar-refractivity contribution >= 4 is 39.0 Å². The minimum absolute atomic E-state index is 0.0235. The van der Waals surface area contributed by atoms with Gasteiger partial charge in [-0.25, -0.2) is 18.4 Å². The zero-order chi connectivity index (χ0) is 25.7. The van der Waals surface area contributed by atoms with Gasteiger partial charge in [-0.2, -0.15) is 0 Å². The third-order valence-electron chi connectivity index (χ3n) is 6.09. The van der Waals surface area contributed by atoms with Crippen molar-refractivity contribution in [3.8, 4) is 11.6 Å². The fraction of sp³-hybridized carbons (Fsp3) is 0.360. The van der Waals surface area contributed by atoms with E-state index in [1.165, 1.54) is 18.5 Å². The van der Waals surface area contributed by atoms with E-state index in [0.717, 1.165) is 31.5 Å².